The van der Waals surface area contributed by atoms with Crippen molar-refractivity contribution in [1.82, 2.24) is 24.9 Å². The molecule has 0 spiro atoms. The molecule has 160 valence electrons. The van der Waals surface area contributed by atoms with Crippen LogP contribution in [0, 0.1) is 20.8 Å². The van der Waals surface area contributed by atoms with Crippen molar-refractivity contribution in [3.05, 3.63) is 83.7 Å². The lowest BCUT2D eigenvalue weighted by Crippen LogP contribution is -1.98. The zero-order valence-corrected chi connectivity index (χ0v) is 18.8. The molecular formula is C24H21N5O2S. The fraction of sp³-hybridized carbons (Fsp3) is 0.167. The van der Waals surface area contributed by atoms with Gasteiger partial charge in [0.05, 0.1) is 11.4 Å². The lowest BCUT2D eigenvalue weighted by atomic mass is 10.1. The van der Waals surface area contributed by atoms with Crippen molar-refractivity contribution in [3.63, 3.8) is 0 Å². The largest absolute Gasteiger partial charge is 0.420 e. The van der Waals surface area contributed by atoms with Crippen LogP contribution < -0.4 is 0 Å². The lowest BCUT2D eigenvalue weighted by Gasteiger charge is -2.10. The third kappa shape index (κ3) is 3.85. The summed E-state index contributed by atoms with van der Waals surface area (Å²) in [6.45, 7) is 6.02. The first kappa shape index (κ1) is 20.3. The van der Waals surface area contributed by atoms with E-state index in [2.05, 4.69) is 57.0 Å². The second-order valence-electron chi connectivity index (χ2n) is 7.49. The Labute approximate surface area is 189 Å². The molecule has 0 fully saturated rings. The van der Waals surface area contributed by atoms with Gasteiger partial charge in [-0.3, -0.25) is 4.57 Å². The molecule has 0 aliphatic rings. The topological polar surface area (TPSA) is 82.8 Å². The number of benzene rings is 2. The summed E-state index contributed by atoms with van der Waals surface area (Å²) >= 11 is 1.55. The maximum atomic E-state index is 5.98. The monoisotopic (exact) mass is 443 g/mol. The number of hydrogen-bond acceptors (Lipinski definition) is 7. The van der Waals surface area contributed by atoms with E-state index in [1.54, 1.807) is 18.0 Å². The van der Waals surface area contributed by atoms with Crippen molar-refractivity contribution in [1.29, 1.82) is 0 Å². The molecule has 5 aromatic rings. The van der Waals surface area contributed by atoms with Gasteiger partial charge in [-0.2, -0.15) is 0 Å². The van der Waals surface area contributed by atoms with Crippen LogP contribution in [0.1, 0.15) is 22.8 Å². The van der Waals surface area contributed by atoms with E-state index in [0.717, 1.165) is 22.0 Å². The van der Waals surface area contributed by atoms with Crippen LogP contribution in [-0.4, -0.2) is 24.9 Å². The molecule has 0 aliphatic heterocycles. The molecule has 0 amide bonds. The number of nitrogens with zero attached hydrogens (tertiary/aromatic N) is 5. The van der Waals surface area contributed by atoms with Crippen LogP contribution in [0.2, 0.25) is 0 Å². The maximum absolute atomic E-state index is 5.98. The zero-order valence-electron chi connectivity index (χ0n) is 17.9. The number of imidazole rings is 1. The summed E-state index contributed by atoms with van der Waals surface area (Å²) in [7, 11) is 0. The fourth-order valence-corrected chi connectivity index (χ4v) is 4.32. The first-order chi connectivity index (χ1) is 15.6. The highest BCUT2D eigenvalue weighted by Crippen LogP contribution is 2.34. The molecule has 2 aromatic carbocycles. The second-order valence-corrected chi connectivity index (χ2v) is 8.43. The Morgan fingerprint density at radius 3 is 2.69 bits per heavy atom. The van der Waals surface area contributed by atoms with Crippen molar-refractivity contribution in [2.24, 2.45) is 0 Å². The molecule has 0 saturated carbocycles. The van der Waals surface area contributed by atoms with E-state index < -0.39 is 0 Å². The van der Waals surface area contributed by atoms with Gasteiger partial charge in [0.15, 0.2) is 5.16 Å². The van der Waals surface area contributed by atoms with Crippen molar-refractivity contribution in [2.75, 3.05) is 0 Å². The van der Waals surface area contributed by atoms with Crippen LogP contribution in [0.5, 0.6) is 0 Å². The summed E-state index contributed by atoms with van der Waals surface area (Å²) in [6.07, 6.45) is 3.77. The minimum atomic E-state index is 0.399. The predicted octanol–water partition coefficient (Wildman–Crippen LogP) is 5.79. The predicted molar refractivity (Wildman–Crippen MR) is 123 cm³/mol. The third-order valence-electron chi connectivity index (χ3n) is 5.15. The molecule has 0 radical (unpaired) electrons. The van der Waals surface area contributed by atoms with Gasteiger partial charge in [0.2, 0.25) is 5.89 Å². The minimum Gasteiger partial charge on any atom is -0.420 e. The van der Waals surface area contributed by atoms with Gasteiger partial charge in [-0.1, -0.05) is 59.4 Å². The Hall–Kier alpha value is -3.65. The highest BCUT2D eigenvalue weighted by Gasteiger charge is 2.22. The molecule has 0 aliphatic carbocycles. The molecule has 3 heterocycles. The number of thioether (sulfide) groups is 1. The molecular weight excluding hydrogens is 422 g/mol. The van der Waals surface area contributed by atoms with Gasteiger partial charge in [-0.15, -0.1) is 10.2 Å². The van der Waals surface area contributed by atoms with E-state index in [0.29, 0.717) is 29.0 Å². The van der Waals surface area contributed by atoms with Crippen LogP contribution in [0.3, 0.4) is 0 Å². The maximum Gasteiger partial charge on any atom is 0.253 e. The Balaban J connectivity index is 1.38. The highest BCUT2D eigenvalue weighted by atomic mass is 32.2. The van der Waals surface area contributed by atoms with Crippen molar-refractivity contribution in [3.8, 4) is 28.4 Å². The number of hydrogen-bond donors (Lipinski definition) is 0. The Bertz CT molecular complexity index is 1370. The van der Waals surface area contributed by atoms with Crippen molar-refractivity contribution >= 4 is 11.8 Å². The quantitative estimate of drug-likeness (QED) is 0.307. The molecule has 3 aromatic heterocycles. The zero-order chi connectivity index (χ0) is 22.1. The number of rotatable bonds is 6. The molecule has 7 nitrogen and oxygen atoms in total. The van der Waals surface area contributed by atoms with Crippen molar-refractivity contribution < 1.29 is 8.94 Å². The first-order valence-electron chi connectivity index (χ1n) is 10.2. The van der Waals surface area contributed by atoms with Gasteiger partial charge in [0, 0.05) is 18.0 Å². The highest BCUT2D eigenvalue weighted by molar-refractivity contribution is 7.98. The van der Waals surface area contributed by atoms with Crippen LogP contribution in [-0.2, 0) is 5.75 Å². The molecule has 0 unspecified atom stereocenters. The smallest absolute Gasteiger partial charge is 0.253 e. The summed E-state index contributed by atoms with van der Waals surface area (Å²) in [6, 6.07) is 16.2. The summed E-state index contributed by atoms with van der Waals surface area (Å²) in [4.78, 5) is 4.51. The Morgan fingerprint density at radius 1 is 1.00 bits per heavy atom. The van der Waals surface area contributed by atoms with Crippen molar-refractivity contribution in [2.45, 2.75) is 31.7 Å². The van der Waals surface area contributed by atoms with E-state index in [1.807, 2.05) is 43.5 Å². The van der Waals surface area contributed by atoms with Gasteiger partial charge in [-0.05, 0) is 38.0 Å². The molecule has 0 atom stereocenters. The molecule has 32 heavy (non-hydrogen) atoms. The minimum absolute atomic E-state index is 0.399. The van der Waals surface area contributed by atoms with Crippen LogP contribution in [0.15, 0.2) is 75.0 Å². The molecule has 0 N–H and O–H groups in total. The van der Waals surface area contributed by atoms with E-state index >= 15 is 0 Å². The summed E-state index contributed by atoms with van der Waals surface area (Å²) < 4.78 is 13.5. The summed E-state index contributed by atoms with van der Waals surface area (Å²) in [5.41, 5.74) is 5.85. The molecule has 0 saturated heterocycles. The van der Waals surface area contributed by atoms with Crippen LogP contribution >= 0.6 is 11.8 Å². The molecule has 5 rings (SSSR count). The average molecular weight is 444 g/mol. The van der Waals surface area contributed by atoms with E-state index in [1.165, 1.54) is 11.1 Å². The number of aryl methyl sites for hydroxylation is 3. The van der Waals surface area contributed by atoms with Gasteiger partial charge >= 0.3 is 0 Å². The van der Waals surface area contributed by atoms with E-state index in [-0.39, 0.29) is 0 Å². The molecule has 8 heteroatoms. The van der Waals surface area contributed by atoms with Gasteiger partial charge in [-0.25, -0.2) is 4.98 Å². The summed E-state index contributed by atoms with van der Waals surface area (Å²) in [5, 5.41) is 13.6. The average Bonchev–Trinajstić information content (AvgIpc) is 3.54. The van der Waals surface area contributed by atoms with Gasteiger partial charge < -0.3 is 8.94 Å². The lowest BCUT2D eigenvalue weighted by molar-refractivity contribution is 0.399. The Morgan fingerprint density at radius 2 is 1.84 bits per heavy atom. The van der Waals surface area contributed by atoms with Gasteiger partial charge in [0.1, 0.15) is 17.0 Å². The number of aromatic nitrogens is 5. The first-order valence-corrected chi connectivity index (χ1v) is 11.2. The Kier molecular flexibility index (Phi) is 5.36. The normalized spacial score (nSPS) is 11.2. The molecule has 0 bridgehead atoms. The second kappa shape index (κ2) is 8.47. The SMILES string of the molecule is Cc1ccc(C)c(-n2ccnc2SCc2nnc(-c3c(-c4ccccc4)noc3C)o2)c1. The third-order valence-corrected chi connectivity index (χ3v) is 6.10. The van der Waals surface area contributed by atoms with E-state index in [9.17, 15) is 0 Å². The van der Waals surface area contributed by atoms with E-state index in [4.69, 9.17) is 8.94 Å². The standard InChI is InChI=1S/C24H21N5O2S/c1-15-9-10-16(2)19(13-15)29-12-11-25-24(29)32-14-20-26-27-23(30-20)21-17(3)31-28-22(21)18-7-5-4-6-8-18/h4-13H,14H2,1-3H3. The van der Waals surface area contributed by atoms with Crippen LogP contribution in [0.25, 0.3) is 28.4 Å². The van der Waals surface area contributed by atoms with Crippen LogP contribution in [0.4, 0.5) is 0 Å². The fourth-order valence-electron chi connectivity index (χ4n) is 3.52. The van der Waals surface area contributed by atoms with Gasteiger partial charge in [0.25, 0.3) is 5.89 Å². The summed E-state index contributed by atoms with van der Waals surface area (Å²) in [5.74, 6) is 2.05.